The summed E-state index contributed by atoms with van der Waals surface area (Å²) in [7, 11) is 0. The van der Waals surface area contributed by atoms with Crippen LogP contribution in [-0.4, -0.2) is 30.1 Å². The van der Waals surface area contributed by atoms with E-state index in [4.69, 9.17) is 17.0 Å². The van der Waals surface area contributed by atoms with E-state index < -0.39 is 0 Å². The van der Waals surface area contributed by atoms with Crippen molar-refractivity contribution in [3.63, 3.8) is 0 Å². The molecule has 0 atom stereocenters. The largest absolute Gasteiger partial charge is 0.355 e. The minimum atomic E-state index is 0.0482. The van der Waals surface area contributed by atoms with Crippen molar-refractivity contribution in [2.45, 2.75) is 19.3 Å². The van der Waals surface area contributed by atoms with Gasteiger partial charge in [0.15, 0.2) is 0 Å². The number of hydrogen-bond donors (Lipinski definition) is 2. The highest BCUT2D eigenvalue weighted by Gasteiger charge is 2.18. The summed E-state index contributed by atoms with van der Waals surface area (Å²) >= 11 is 6.00. The molecule has 2 N–H and O–H groups in total. The Morgan fingerprint density at radius 1 is 1.12 bits per heavy atom. The van der Waals surface area contributed by atoms with E-state index in [-0.39, 0.29) is 5.91 Å². The van der Waals surface area contributed by atoms with E-state index in [0.717, 1.165) is 37.3 Å². The smallest absolute Gasteiger partial charge is 0.253 e. The minimum absolute atomic E-state index is 0.0482. The average molecular weight is 342 g/mol. The van der Waals surface area contributed by atoms with Crippen molar-refractivity contribution in [2.24, 2.45) is 0 Å². The number of nitrogens with zero attached hydrogens (tertiary/aromatic N) is 1. The molecule has 0 aliphatic carbocycles. The molecule has 5 heteroatoms. The Labute approximate surface area is 146 Å². The summed E-state index contributed by atoms with van der Waals surface area (Å²) in [4.78, 5) is 14.5. The highest BCUT2D eigenvalue weighted by atomic mass is 35.5. The Balaban J connectivity index is 1.82. The lowest BCUT2D eigenvalue weighted by molar-refractivity contribution is 0.0724. The number of carbonyl (C=O) groups is 1. The first-order valence-electron chi connectivity index (χ1n) is 8.14. The average Bonchev–Trinajstić information content (AvgIpc) is 2.62. The Morgan fingerprint density at radius 2 is 1.92 bits per heavy atom. The van der Waals surface area contributed by atoms with E-state index in [1.54, 1.807) is 6.07 Å². The molecular weight excluding hydrogens is 322 g/mol. The normalized spacial score (nSPS) is 14.3. The molecule has 24 heavy (non-hydrogen) atoms. The molecule has 0 bridgehead atoms. The van der Waals surface area contributed by atoms with Crippen molar-refractivity contribution in [3.8, 4) is 0 Å². The molecule has 1 amide bonds. The molecule has 0 saturated carbocycles. The fraction of sp³-hybridized carbons (Fsp3) is 0.263. The van der Waals surface area contributed by atoms with Gasteiger partial charge in [0.2, 0.25) is 0 Å². The molecular formula is C19H20ClN3O. The van der Waals surface area contributed by atoms with Crippen molar-refractivity contribution in [3.05, 3.63) is 58.6 Å². The molecule has 0 spiro atoms. The number of piperidine rings is 1. The molecule has 3 rings (SSSR count). The summed E-state index contributed by atoms with van der Waals surface area (Å²) in [6, 6.07) is 12.8. The first kappa shape index (κ1) is 16.5. The van der Waals surface area contributed by atoms with Gasteiger partial charge in [0.1, 0.15) is 0 Å². The van der Waals surface area contributed by atoms with Gasteiger partial charge in [-0.1, -0.05) is 17.7 Å². The molecule has 2 aromatic rings. The lowest BCUT2D eigenvalue weighted by Crippen LogP contribution is -2.35. The minimum Gasteiger partial charge on any atom is -0.355 e. The van der Waals surface area contributed by atoms with Crippen LogP contribution in [0.4, 0.5) is 11.4 Å². The number of carbonyl (C=O) groups excluding carboxylic acids is 1. The Kier molecular flexibility index (Phi) is 5.16. The number of hydrogen-bond acceptors (Lipinski definition) is 3. The van der Waals surface area contributed by atoms with Gasteiger partial charge in [0.05, 0.1) is 0 Å². The highest BCUT2D eigenvalue weighted by molar-refractivity contribution is 6.30. The Morgan fingerprint density at radius 3 is 2.62 bits per heavy atom. The van der Waals surface area contributed by atoms with Crippen molar-refractivity contribution >= 4 is 35.1 Å². The van der Waals surface area contributed by atoms with Crippen LogP contribution in [0.1, 0.15) is 35.2 Å². The number of likely N-dealkylation sites (tertiary alicyclic amines) is 1. The maximum Gasteiger partial charge on any atom is 0.253 e. The first-order chi connectivity index (χ1) is 11.7. The number of nitrogens with one attached hydrogen (secondary N) is 2. The zero-order chi connectivity index (χ0) is 16.9. The van der Waals surface area contributed by atoms with E-state index >= 15 is 0 Å². The predicted molar refractivity (Wildman–Crippen MR) is 98.8 cm³/mol. The third-order valence-electron chi connectivity index (χ3n) is 4.20. The highest BCUT2D eigenvalue weighted by Crippen LogP contribution is 2.24. The number of anilines is 2. The van der Waals surface area contributed by atoms with Crippen LogP contribution in [0.15, 0.2) is 42.5 Å². The van der Waals surface area contributed by atoms with Crippen molar-refractivity contribution in [2.75, 3.05) is 18.4 Å². The summed E-state index contributed by atoms with van der Waals surface area (Å²) in [6.45, 7) is 1.64. The fourth-order valence-electron chi connectivity index (χ4n) is 2.93. The van der Waals surface area contributed by atoms with Crippen molar-refractivity contribution in [1.29, 1.82) is 5.41 Å². The monoisotopic (exact) mass is 341 g/mol. The molecule has 124 valence electrons. The number of rotatable bonds is 4. The number of benzene rings is 2. The number of amides is 1. The quantitative estimate of drug-likeness (QED) is 0.791. The Bertz CT molecular complexity index is 754. The molecule has 1 fully saturated rings. The number of halogens is 1. The van der Waals surface area contributed by atoms with E-state index in [0.29, 0.717) is 16.1 Å². The van der Waals surface area contributed by atoms with Gasteiger partial charge in [-0.05, 0) is 55.7 Å². The summed E-state index contributed by atoms with van der Waals surface area (Å²) in [5.41, 5.74) is 2.94. The van der Waals surface area contributed by atoms with Gasteiger partial charge in [-0.2, -0.15) is 0 Å². The van der Waals surface area contributed by atoms with Gasteiger partial charge >= 0.3 is 0 Å². The van der Waals surface area contributed by atoms with Gasteiger partial charge in [0.25, 0.3) is 5.91 Å². The van der Waals surface area contributed by atoms with Gasteiger partial charge < -0.3 is 15.6 Å². The lowest BCUT2D eigenvalue weighted by Gasteiger charge is -2.27. The molecule has 2 aromatic carbocycles. The molecule has 1 saturated heterocycles. The van der Waals surface area contributed by atoms with Crippen LogP contribution in [0.25, 0.3) is 0 Å². The molecule has 0 radical (unpaired) electrons. The van der Waals surface area contributed by atoms with Crippen LogP contribution in [0, 0.1) is 5.41 Å². The fourth-order valence-corrected chi connectivity index (χ4v) is 3.12. The van der Waals surface area contributed by atoms with E-state index in [1.807, 2.05) is 41.3 Å². The summed E-state index contributed by atoms with van der Waals surface area (Å²) in [6.07, 6.45) is 4.59. The van der Waals surface area contributed by atoms with E-state index in [9.17, 15) is 4.79 Å². The zero-order valence-corrected chi connectivity index (χ0v) is 14.1. The standard InChI is InChI=1S/C19H20ClN3O/c20-16-5-4-6-17(12-16)22-18-8-7-14(11-15(18)13-21)19(24)23-9-2-1-3-10-23/h4-8,11-13,21-22H,1-3,9-10H2. The van der Waals surface area contributed by atoms with Crippen LogP contribution < -0.4 is 5.32 Å². The third kappa shape index (κ3) is 3.77. The molecule has 4 nitrogen and oxygen atoms in total. The first-order valence-corrected chi connectivity index (χ1v) is 8.51. The molecule has 1 aliphatic heterocycles. The second-order valence-corrected chi connectivity index (χ2v) is 6.37. The third-order valence-corrected chi connectivity index (χ3v) is 4.44. The Hall–Kier alpha value is -2.33. The second-order valence-electron chi connectivity index (χ2n) is 5.93. The summed E-state index contributed by atoms with van der Waals surface area (Å²) in [5.74, 6) is 0.0482. The van der Waals surface area contributed by atoms with Crippen LogP contribution in [0.2, 0.25) is 5.02 Å². The summed E-state index contributed by atoms with van der Waals surface area (Å²) < 4.78 is 0. The molecule has 1 heterocycles. The SMILES string of the molecule is N=Cc1cc(C(=O)N2CCCCC2)ccc1Nc1cccc(Cl)c1. The summed E-state index contributed by atoms with van der Waals surface area (Å²) in [5, 5.41) is 11.6. The molecule has 0 aromatic heterocycles. The van der Waals surface area contributed by atoms with Gasteiger partial charge in [0, 0.05) is 46.8 Å². The van der Waals surface area contributed by atoms with Crippen LogP contribution in [0.5, 0.6) is 0 Å². The van der Waals surface area contributed by atoms with Crippen molar-refractivity contribution < 1.29 is 4.79 Å². The van der Waals surface area contributed by atoms with Crippen LogP contribution in [0.3, 0.4) is 0 Å². The predicted octanol–water partition coefficient (Wildman–Crippen LogP) is 4.71. The van der Waals surface area contributed by atoms with Gasteiger partial charge in [-0.25, -0.2) is 0 Å². The maximum atomic E-state index is 12.6. The van der Waals surface area contributed by atoms with Crippen molar-refractivity contribution in [1.82, 2.24) is 4.90 Å². The molecule has 1 aliphatic rings. The molecule has 0 unspecified atom stereocenters. The van der Waals surface area contributed by atoms with Gasteiger partial charge in [-0.3, -0.25) is 4.79 Å². The van der Waals surface area contributed by atoms with E-state index in [1.165, 1.54) is 12.6 Å². The van der Waals surface area contributed by atoms with Crippen LogP contribution in [-0.2, 0) is 0 Å². The van der Waals surface area contributed by atoms with Crippen LogP contribution >= 0.6 is 11.6 Å². The zero-order valence-electron chi connectivity index (χ0n) is 13.4. The van der Waals surface area contributed by atoms with E-state index in [2.05, 4.69) is 5.32 Å². The maximum absolute atomic E-state index is 12.6. The topological polar surface area (TPSA) is 56.2 Å². The second kappa shape index (κ2) is 7.49. The van der Waals surface area contributed by atoms with Gasteiger partial charge in [-0.15, -0.1) is 0 Å². The lowest BCUT2D eigenvalue weighted by atomic mass is 10.1.